The topological polar surface area (TPSA) is 72.5 Å². The van der Waals surface area contributed by atoms with Crippen LogP contribution in [0.25, 0.3) is 0 Å². The smallest absolute Gasteiger partial charge is 0.255 e. The molecule has 150 valence electrons. The van der Waals surface area contributed by atoms with E-state index in [9.17, 15) is 13.2 Å². The second kappa shape index (κ2) is 8.92. The average molecular weight is 410 g/mol. The van der Waals surface area contributed by atoms with Crippen LogP contribution in [0, 0.1) is 0 Å². The first kappa shape index (κ1) is 20.6. The lowest BCUT2D eigenvalue weighted by Crippen LogP contribution is -2.12. The Kier molecular flexibility index (Phi) is 6.34. The van der Waals surface area contributed by atoms with Gasteiger partial charge in [-0.15, -0.1) is 0 Å². The van der Waals surface area contributed by atoms with Crippen molar-refractivity contribution in [3.63, 3.8) is 0 Å². The first-order chi connectivity index (χ1) is 13.8. The number of benzene rings is 3. The molecule has 0 fully saturated rings. The van der Waals surface area contributed by atoms with Crippen molar-refractivity contribution in [2.45, 2.75) is 30.6 Å². The molecule has 5 nitrogen and oxygen atoms in total. The van der Waals surface area contributed by atoms with Gasteiger partial charge in [0.1, 0.15) is 5.75 Å². The van der Waals surface area contributed by atoms with Gasteiger partial charge in [0.25, 0.3) is 5.91 Å². The summed E-state index contributed by atoms with van der Waals surface area (Å²) in [5, 5.41) is 2.82. The third-order valence-electron chi connectivity index (χ3n) is 4.16. The predicted octanol–water partition coefficient (Wildman–Crippen LogP) is 4.70. The SMILES string of the molecule is CC(C)Oc1ccc(NC(=O)c2ccc(CS(=O)(=O)c3ccccc3)cc2)cc1. The molecule has 3 aromatic carbocycles. The van der Waals surface area contributed by atoms with E-state index in [2.05, 4.69) is 5.32 Å². The van der Waals surface area contributed by atoms with Gasteiger partial charge in [-0.05, 0) is 67.9 Å². The third-order valence-corrected chi connectivity index (χ3v) is 5.86. The van der Waals surface area contributed by atoms with Crippen LogP contribution < -0.4 is 10.1 Å². The van der Waals surface area contributed by atoms with Crippen LogP contribution >= 0.6 is 0 Å². The van der Waals surface area contributed by atoms with Gasteiger partial charge in [0.2, 0.25) is 0 Å². The Bertz CT molecular complexity index is 1060. The number of nitrogens with one attached hydrogen (secondary N) is 1. The molecule has 0 saturated carbocycles. The number of carbonyl (C=O) groups excluding carboxylic acids is 1. The standard InChI is InChI=1S/C23H23NO4S/c1-17(2)28-21-14-12-20(13-15-21)24-23(25)19-10-8-18(9-11-19)16-29(26,27)22-6-4-3-5-7-22/h3-15,17H,16H2,1-2H3,(H,24,25). The molecule has 1 amide bonds. The molecule has 0 aliphatic heterocycles. The molecule has 0 unspecified atom stereocenters. The zero-order valence-corrected chi connectivity index (χ0v) is 17.1. The Morgan fingerprint density at radius 1 is 0.897 bits per heavy atom. The van der Waals surface area contributed by atoms with E-state index in [0.29, 0.717) is 16.8 Å². The molecule has 1 N–H and O–H groups in total. The molecule has 0 spiro atoms. The summed E-state index contributed by atoms with van der Waals surface area (Å²) in [4.78, 5) is 12.7. The second-order valence-electron chi connectivity index (χ2n) is 6.91. The molecular formula is C23H23NO4S. The van der Waals surface area contributed by atoms with E-state index in [1.807, 2.05) is 13.8 Å². The Labute approximate surface area is 171 Å². The minimum Gasteiger partial charge on any atom is -0.491 e. The molecule has 3 aromatic rings. The van der Waals surface area contributed by atoms with Gasteiger partial charge in [0, 0.05) is 11.3 Å². The van der Waals surface area contributed by atoms with Crippen LogP contribution in [0.1, 0.15) is 29.8 Å². The van der Waals surface area contributed by atoms with Gasteiger partial charge in [-0.3, -0.25) is 4.79 Å². The van der Waals surface area contributed by atoms with Crippen molar-refractivity contribution < 1.29 is 17.9 Å². The quantitative estimate of drug-likeness (QED) is 0.614. The van der Waals surface area contributed by atoms with E-state index in [4.69, 9.17) is 4.74 Å². The summed E-state index contributed by atoms with van der Waals surface area (Å²) in [6, 6.07) is 22.0. The fraction of sp³-hybridized carbons (Fsp3) is 0.174. The summed E-state index contributed by atoms with van der Waals surface area (Å²) in [6.45, 7) is 3.90. The van der Waals surface area contributed by atoms with Crippen LogP contribution in [0.2, 0.25) is 0 Å². The zero-order valence-electron chi connectivity index (χ0n) is 16.3. The Balaban J connectivity index is 1.64. The normalized spacial score (nSPS) is 11.3. The number of anilines is 1. The fourth-order valence-electron chi connectivity index (χ4n) is 2.78. The van der Waals surface area contributed by atoms with Crippen LogP contribution in [-0.4, -0.2) is 20.4 Å². The molecule has 29 heavy (non-hydrogen) atoms. The molecule has 6 heteroatoms. The summed E-state index contributed by atoms with van der Waals surface area (Å²) in [5.41, 5.74) is 1.73. The summed E-state index contributed by atoms with van der Waals surface area (Å²) in [6.07, 6.45) is 0.0830. The maximum absolute atomic E-state index is 12.5. The van der Waals surface area contributed by atoms with Crippen molar-refractivity contribution in [3.8, 4) is 5.75 Å². The number of amides is 1. The monoisotopic (exact) mass is 409 g/mol. The van der Waals surface area contributed by atoms with Crippen molar-refractivity contribution in [2.24, 2.45) is 0 Å². The summed E-state index contributed by atoms with van der Waals surface area (Å²) in [7, 11) is -3.42. The highest BCUT2D eigenvalue weighted by Gasteiger charge is 2.15. The first-order valence-corrected chi connectivity index (χ1v) is 10.9. The summed E-state index contributed by atoms with van der Waals surface area (Å²) < 4.78 is 30.5. The zero-order chi connectivity index (χ0) is 20.9. The van der Waals surface area contributed by atoms with E-state index in [1.54, 1.807) is 78.9 Å². The first-order valence-electron chi connectivity index (χ1n) is 9.28. The molecule has 0 heterocycles. The van der Waals surface area contributed by atoms with Gasteiger partial charge in [0.15, 0.2) is 9.84 Å². The maximum atomic E-state index is 12.5. The van der Waals surface area contributed by atoms with E-state index in [1.165, 1.54) is 0 Å². The van der Waals surface area contributed by atoms with Gasteiger partial charge in [0.05, 0.1) is 16.8 Å². The van der Waals surface area contributed by atoms with E-state index in [0.717, 1.165) is 5.75 Å². The maximum Gasteiger partial charge on any atom is 0.255 e. The van der Waals surface area contributed by atoms with Crippen molar-refractivity contribution in [1.82, 2.24) is 0 Å². The van der Waals surface area contributed by atoms with Crippen LogP contribution in [0.4, 0.5) is 5.69 Å². The molecule has 3 rings (SSSR count). The van der Waals surface area contributed by atoms with E-state index >= 15 is 0 Å². The minimum absolute atomic E-state index is 0.0830. The lowest BCUT2D eigenvalue weighted by Gasteiger charge is -2.11. The van der Waals surface area contributed by atoms with Gasteiger partial charge >= 0.3 is 0 Å². The Morgan fingerprint density at radius 3 is 2.10 bits per heavy atom. The number of ether oxygens (including phenoxy) is 1. The highest BCUT2D eigenvalue weighted by molar-refractivity contribution is 7.90. The van der Waals surface area contributed by atoms with Gasteiger partial charge in [-0.1, -0.05) is 30.3 Å². The minimum atomic E-state index is -3.42. The van der Waals surface area contributed by atoms with Crippen molar-refractivity contribution in [2.75, 3.05) is 5.32 Å². The molecular weight excluding hydrogens is 386 g/mol. The van der Waals surface area contributed by atoms with Gasteiger partial charge < -0.3 is 10.1 Å². The van der Waals surface area contributed by atoms with E-state index in [-0.39, 0.29) is 22.7 Å². The summed E-state index contributed by atoms with van der Waals surface area (Å²) in [5.74, 6) is 0.359. The molecule has 0 aliphatic rings. The lowest BCUT2D eigenvalue weighted by molar-refractivity contribution is 0.102. The number of hydrogen-bond acceptors (Lipinski definition) is 4. The van der Waals surface area contributed by atoms with Crippen LogP contribution in [0.15, 0.2) is 83.8 Å². The van der Waals surface area contributed by atoms with E-state index < -0.39 is 9.84 Å². The number of hydrogen-bond donors (Lipinski definition) is 1. The third kappa shape index (κ3) is 5.68. The van der Waals surface area contributed by atoms with Gasteiger partial charge in [-0.25, -0.2) is 8.42 Å². The fourth-order valence-corrected chi connectivity index (χ4v) is 4.14. The molecule has 0 atom stereocenters. The largest absolute Gasteiger partial charge is 0.491 e. The highest BCUT2D eigenvalue weighted by atomic mass is 32.2. The number of carbonyl (C=O) groups is 1. The van der Waals surface area contributed by atoms with Crippen molar-refractivity contribution in [3.05, 3.63) is 90.0 Å². The highest BCUT2D eigenvalue weighted by Crippen LogP contribution is 2.19. The van der Waals surface area contributed by atoms with Crippen LogP contribution in [0.5, 0.6) is 5.75 Å². The summed E-state index contributed by atoms with van der Waals surface area (Å²) >= 11 is 0. The molecule has 0 saturated heterocycles. The average Bonchev–Trinajstić information content (AvgIpc) is 2.70. The number of sulfone groups is 1. The predicted molar refractivity (Wildman–Crippen MR) is 114 cm³/mol. The van der Waals surface area contributed by atoms with Crippen molar-refractivity contribution >= 4 is 21.4 Å². The molecule has 0 aromatic heterocycles. The lowest BCUT2D eigenvalue weighted by atomic mass is 10.1. The van der Waals surface area contributed by atoms with Crippen molar-refractivity contribution in [1.29, 1.82) is 0 Å². The number of rotatable bonds is 7. The Hall–Kier alpha value is -3.12. The Morgan fingerprint density at radius 2 is 1.52 bits per heavy atom. The van der Waals surface area contributed by atoms with Crippen LogP contribution in [-0.2, 0) is 15.6 Å². The van der Waals surface area contributed by atoms with Crippen LogP contribution in [0.3, 0.4) is 0 Å². The second-order valence-corrected chi connectivity index (χ2v) is 8.90. The molecule has 0 radical (unpaired) electrons. The molecule has 0 bridgehead atoms. The van der Waals surface area contributed by atoms with Gasteiger partial charge in [-0.2, -0.15) is 0 Å². The molecule has 0 aliphatic carbocycles.